The maximum atomic E-state index is 12.3. The Bertz CT molecular complexity index is 839. The summed E-state index contributed by atoms with van der Waals surface area (Å²) in [6.45, 7) is 2.23. The Morgan fingerprint density at radius 3 is 2.65 bits per heavy atom. The molecule has 5 nitrogen and oxygen atoms in total. The molecule has 1 unspecified atom stereocenters. The van der Waals surface area contributed by atoms with Gasteiger partial charge in [-0.2, -0.15) is 0 Å². The van der Waals surface area contributed by atoms with Crippen molar-refractivity contribution in [3.8, 4) is 0 Å². The van der Waals surface area contributed by atoms with Crippen LogP contribution >= 0.6 is 11.3 Å². The predicted octanol–water partition coefficient (Wildman–Crippen LogP) is 2.92. The summed E-state index contributed by atoms with van der Waals surface area (Å²) in [5, 5.41) is 3.42. The van der Waals surface area contributed by atoms with Crippen molar-refractivity contribution in [2.45, 2.75) is 31.1 Å². The van der Waals surface area contributed by atoms with E-state index in [1.54, 1.807) is 0 Å². The van der Waals surface area contributed by atoms with Crippen molar-refractivity contribution in [2.75, 3.05) is 11.6 Å². The number of rotatable bonds is 3. The standard InChI is InChI=1S/C16H18N2O3S2/c1-10-3-8-13-14(9-10)22-16(17-13)18-15(19)11-4-6-12(7-5-11)23(2,20)21/h4-7,10H,3,8-9H2,1-2H3,(H,17,18,19). The normalized spacial score (nSPS) is 17.6. The fourth-order valence-electron chi connectivity index (χ4n) is 2.62. The molecule has 23 heavy (non-hydrogen) atoms. The van der Waals surface area contributed by atoms with Gasteiger partial charge in [0.05, 0.1) is 10.6 Å². The first-order valence-electron chi connectivity index (χ1n) is 7.43. The number of nitrogens with one attached hydrogen (secondary N) is 1. The maximum Gasteiger partial charge on any atom is 0.257 e. The zero-order valence-corrected chi connectivity index (χ0v) is 14.6. The molecule has 2 aromatic rings. The minimum Gasteiger partial charge on any atom is -0.298 e. The quantitative estimate of drug-likeness (QED) is 0.923. The van der Waals surface area contributed by atoms with Crippen molar-refractivity contribution in [1.82, 2.24) is 4.98 Å². The Morgan fingerprint density at radius 2 is 2.00 bits per heavy atom. The van der Waals surface area contributed by atoms with Crippen LogP contribution in [0.15, 0.2) is 29.2 Å². The number of fused-ring (bicyclic) bond motifs is 1. The zero-order chi connectivity index (χ0) is 16.6. The van der Waals surface area contributed by atoms with E-state index >= 15 is 0 Å². The highest BCUT2D eigenvalue weighted by molar-refractivity contribution is 7.90. The molecule has 0 spiro atoms. The molecule has 3 rings (SSSR count). The van der Waals surface area contributed by atoms with Crippen LogP contribution < -0.4 is 5.32 Å². The van der Waals surface area contributed by atoms with E-state index in [1.165, 1.54) is 40.5 Å². The molecule has 1 aromatic carbocycles. The summed E-state index contributed by atoms with van der Waals surface area (Å²) in [4.78, 5) is 18.2. The van der Waals surface area contributed by atoms with Crippen LogP contribution in [0, 0.1) is 5.92 Å². The largest absolute Gasteiger partial charge is 0.298 e. The van der Waals surface area contributed by atoms with Gasteiger partial charge in [-0.15, -0.1) is 11.3 Å². The number of benzene rings is 1. The first-order chi connectivity index (χ1) is 10.8. The van der Waals surface area contributed by atoms with Gasteiger partial charge in [-0.3, -0.25) is 10.1 Å². The number of aromatic nitrogens is 1. The zero-order valence-electron chi connectivity index (χ0n) is 13.0. The monoisotopic (exact) mass is 350 g/mol. The predicted molar refractivity (Wildman–Crippen MR) is 90.8 cm³/mol. The summed E-state index contributed by atoms with van der Waals surface area (Å²) in [6, 6.07) is 5.92. The molecule has 1 aliphatic rings. The van der Waals surface area contributed by atoms with Crippen molar-refractivity contribution in [1.29, 1.82) is 0 Å². The molecule has 0 fully saturated rings. The van der Waals surface area contributed by atoms with Crippen molar-refractivity contribution < 1.29 is 13.2 Å². The van der Waals surface area contributed by atoms with Gasteiger partial charge in [-0.25, -0.2) is 13.4 Å². The summed E-state index contributed by atoms with van der Waals surface area (Å²) >= 11 is 1.53. The van der Waals surface area contributed by atoms with Gasteiger partial charge in [0, 0.05) is 16.7 Å². The molecule has 1 atom stereocenters. The Kier molecular flexibility index (Phi) is 4.25. The van der Waals surface area contributed by atoms with Crippen molar-refractivity contribution in [3.63, 3.8) is 0 Å². The first-order valence-corrected chi connectivity index (χ1v) is 10.1. The van der Waals surface area contributed by atoms with Crippen LogP contribution in [0.5, 0.6) is 0 Å². The minimum atomic E-state index is -3.25. The van der Waals surface area contributed by atoms with E-state index in [-0.39, 0.29) is 10.8 Å². The number of sulfone groups is 1. The van der Waals surface area contributed by atoms with Gasteiger partial charge in [0.25, 0.3) is 5.91 Å². The van der Waals surface area contributed by atoms with E-state index in [2.05, 4.69) is 17.2 Å². The highest BCUT2D eigenvalue weighted by Gasteiger charge is 2.20. The summed E-state index contributed by atoms with van der Waals surface area (Å²) < 4.78 is 22.9. The number of hydrogen-bond acceptors (Lipinski definition) is 5. The van der Waals surface area contributed by atoms with Crippen LogP contribution in [0.2, 0.25) is 0 Å². The third kappa shape index (κ3) is 3.61. The smallest absolute Gasteiger partial charge is 0.257 e. The van der Waals surface area contributed by atoms with Crippen molar-refractivity contribution >= 4 is 32.2 Å². The van der Waals surface area contributed by atoms with Crippen LogP contribution in [0.4, 0.5) is 5.13 Å². The minimum absolute atomic E-state index is 0.202. The van der Waals surface area contributed by atoms with Gasteiger partial charge in [0.1, 0.15) is 0 Å². The lowest BCUT2D eigenvalue weighted by Crippen LogP contribution is -2.12. The molecule has 1 aliphatic carbocycles. The van der Waals surface area contributed by atoms with Crippen LogP contribution in [0.1, 0.15) is 34.3 Å². The molecule has 1 amide bonds. The third-order valence-corrected chi connectivity index (χ3v) is 6.12. The molecule has 0 radical (unpaired) electrons. The van der Waals surface area contributed by atoms with Gasteiger partial charge < -0.3 is 0 Å². The second kappa shape index (κ2) is 6.05. The topological polar surface area (TPSA) is 76.1 Å². The fraction of sp³-hybridized carbons (Fsp3) is 0.375. The fourth-order valence-corrected chi connectivity index (χ4v) is 4.41. The number of thiazole rings is 1. The lowest BCUT2D eigenvalue weighted by atomic mass is 9.93. The van der Waals surface area contributed by atoms with Gasteiger partial charge in [0.15, 0.2) is 15.0 Å². The van der Waals surface area contributed by atoms with Gasteiger partial charge in [-0.1, -0.05) is 6.92 Å². The number of hydrogen-bond donors (Lipinski definition) is 1. The van der Waals surface area contributed by atoms with Gasteiger partial charge >= 0.3 is 0 Å². The Labute approximate surface area is 139 Å². The second-order valence-electron chi connectivity index (χ2n) is 5.99. The SMILES string of the molecule is CC1CCc2nc(NC(=O)c3ccc(S(C)(=O)=O)cc3)sc2C1. The molecule has 0 saturated heterocycles. The lowest BCUT2D eigenvalue weighted by Gasteiger charge is -2.15. The number of carbonyl (C=O) groups excluding carboxylic acids is 1. The number of anilines is 1. The second-order valence-corrected chi connectivity index (χ2v) is 9.09. The average Bonchev–Trinajstić information content (AvgIpc) is 2.87. The van der Waals surface area contributed by atoms with Crippen LogP contribution in [-0.2, 0) is 22.7 Å². The summed E-state index contributed by atoms with van der Waals surface area (Å²) in [7, 11) is -3.25. The Balaban J connectivity index is 1.74. The molecular weight excluding hydrogens is 332 g/mol. The molecular formula is C16H18N2O3S2. The Morgan fingerprint density at radius 1 is 1.30 bits per heavy atom. The van der Waals surface area contributed by atoms with E-state index in [9.17, 15) is 13.2 Å². The lowest BCUT2D eigenvalue weighted by molar-refractivity contribution is 0.102. The molecule has 1 aromatic heterocycles. The van der Waals surface area contributed by atoms with Crippen LogP contribution in [0.25, 0.3) is 0 Å². The van der Waals surface area contributed by atoms with Crippen LogP contribution in [-0.4, -0.2) is 25.6 Å². The van der Waals surface area contributed by atoms with Crippen LogP contribution in [0.3, 0.4) is 0 Å². The summed E-state index contributed by atoms with van der Waals surface area (Å²) in [6.07, 6.45) is 4.26. The molecule has 1 heterocycles. The summed E-state index contributed by atoms with van der Waals surface area (Å²) in [5.41, 5.74) is 1.51. The number of amides is 1. The number of carbonyl (C=O) groups is 1. The molecule has 0 bridgehead atoms. The molecule has 0 aliphatic heterocycles. The first kappa shape index (κ1) is 16.1. The van der Waals surface area contributed by atoms with Crippen molar-refractivity contribution in [3.05, 3.63) is 40.4 Å². The molecule has 1 N–H and O–H groups in total. The highest BCUT2D eigenvalue weighted by Crippen LogP contribution is 2.32. The van der Waals surface area contributed by atoms with Crippen molar-refractivity contribution in [2.24, 2.45) is 5.92 Å². The number of nitrogens with zero attached hydrogens (tertiary/aromatic N) is 1. The van der Waals surface area contributed by atoms with Gasteiger partial charge in [0.2, 0.25) is 0 Å². The van der Waals surface area contributed by atoms with E-state index in [0.717, 1.165) is 31.2 Å². The number of aryl methyl sites for hydroxylation is 1. The third-order valence-electron chi connectivity index (χ3n) is 3.95. The molecule has 7 heteroatoms. The van der Waals surface area contributed by atoms with E-state index < -0.39 is 9.84 Å². The van der Waals surface area contributed by atoms with Gasteiger partial charge in [-0.05, 0) is 49.4 Å². The highest BCUT2D eigenvalue weighted by atomic mass is 32.2. The van der Waals surface area contributed by atoms with E-state index in [1.807, 2.05) is 0 Å². The van der Waals surface area contributed by atoms with E-state index in [4.69, 9.17) is 0 Å². The summed E-state index contributed by atoms with van der Waals surface area (Å²) in [5.74, 6) is 0.388. The maximum absolute atomic E-state index is 12.3. The molecule has 0 saturated carbocycles. The molecule has 122 valence electrons. The Hall–Kier alpha value is -1.73. The van der Waals surface area contributed by atoms with E-state index in [0.29, 0.717) is 16.6 Å². The average molecular weight is 350 g/mol.